The average molecular weight is 405 g/mol. The Balaban J connectivity index is 1.50. The smallest absolute Gasteiger partial charge is 0.237 e. The van der Waals surface area contributed by atoms with Crippen LogP contribution in [0.2, 0.25) is 0 Å². The monoisotopic (exact) mass is 404 g/mol. The zero-order valence-electron chi connectivity index (χ0n) is 16.9. The molecule has 2 aromatic rings. The van der Waals surface area contributed by atoms with Gasteiger partial charge in [0.2, 0.25) is 5.91 Å². The molecule has 1 atom stereocenters. The second-order valence-electron chi connectivity index (χ2n) is 6.88. The van der Waals surface area contributed by atoms with Crippen LogP contribution < -0.4 is 19.7 Å². The van der Waals surface area contributed by atoms with Crippen molar-refractivity contribution in [2.75, 3.05) is 45.3 Å². The lowest BCUT2D eigenvalue weighted by atomic mass is 10.1. The van der Waals surface area contributed by atoms with Crippen molar-refractivity contribution < 1.29 is 14.3 Å². The van der Waals surface area contributed by atoms with E-state index in [0.29, 0.717) is 18.0 Å². The summed E-state index contributed by atoms with van der Waals surface area (Å²) in [7, 11) is 3.21. The molecule has 28 heavy (non-hydrogen) atoms. The molecule has 1 fully saturated rings. The molecule has 3 rings (SSSR count). The zero-order valence-corrected chi connectivity index (χ0v) is 17.7. The van der Waals surface area contributed by atoms with Gasteiger partial charge in [0.15, 0.2) is 16.6 Å². The molecule has 2 heterocycles. The zero-order chi connectivity index (χ0) is 20.1. The van der Waals surface area contributed by atoms with E-state index in [2.05, 4.69) is 25.5 Å². The topological polar surface area (TPSA) is 66.9 Å². The summed E-state index contributed by atoms with van der Waals surface area (Å²) in [5.41, 5.74) is 2.03. The number of nitrogens with zero attached hydrogens (tertiary/aromatic N) is 3. The maximum Gasteiger partial charge on any atom is 0.237 e. The lowest BCUT2D eigenvalue weighted by Crippen LogP contribution is -2.53. The molecule has 0 saturated carbocycles. The van der Waals surface area contributed by atoms with Crippen molar-refractivity contribution in [3.63, 3.8) is 0 Å². The van der Waals surface area contributed by atoms with Crippen LogP contribution in [0.15, 0.2) is 23.6 Å². The van der Waals surface area contributed by atoms with Crippen LogP contribution in [-0.2, 0) is 11.3 Å². The van der Waals surface area contributed by atoms with Crippen molar-refractivity contribution in [1.29, 1.82) is 0 Å². The van der Waals surface area contributed by atoms with E-state index in [1.165, 1.54) is 0 Å². The second kappa shape index (κ2) is 9.25. The Labute approximate surface area is 170 Å². The Bertz CT molecular complexity index is 802. The number of aromatic nitrogens is 1. The van der Waals surface area contributed by atoms with E-state index in [4.69, 9.17) is 9.47 Å². The quantitative estimate of drug-likeness (QED) is 0.764. The predicted octanol–water partition coefficient (Wildman–Crippen LogP) is 2.30. The van der Waals surface area contributed by atoms with Gasteiger partial charge in [0.1, 0.15) is 0 Å². The summed E-state index contributed by atoms with van der Waals surface area (Å²) in [5, 5.41) is 6.18. The molecule has 1 aromatic carbocycles. The number of anilines is 1. The van der Waals surface area contributed by atoms with Crippen molar-refractivity contribution in [1.82, 2.24) is 15.2 Å². The number of ether oxygens (including phenoxy) is 2. The van der Waals surface area contributed by atoms with Crippen LogP contribution in [0.1, 0.15) is 18.2 Å². The van der Waals surface area contributed by atoms with Crippen molar-refractivity contribution in [3.05, 3.63) is 34.8 Å². The SMILES string of the molecule is COc1ccc(CNC(=O)C(C)N2CCN(c3nc(C)cs3)CC2)cc1OC. The number of carbonyl (C=O) groups excluding carboxylic acids is 1. The Hall–Kier alpha value is -2.32. The van der Waals surface area contributed by atoms with Crippen LogP contribution in [0.4, 0.5) is 5.13 Å². The number of piperazine rings is 1. The first-order valence-corrected chi connectivity index (χ1v) is 10.3. The van der Waals surface area contributed by atoms with E-state index in [0.717, 1.165) is 42.6 Å². The molecule has 1 aliphatic heterocycles. The number of benzene rings is 1. The van der Waals surface area contributed by atoms with Gasteiger partial charge in [0.25, 0.3) is 0 Å². The van der Waals surface area contributed by atoms with Crippen molar-refractivity contribution in [2.45, 2.75) is 26.4 Å². The van der Waals surface area contributed by atoms with Gasteiger partial charge in [-0.3, -0.25) is 9.69 Å². The Morgan fingerprint density at radius 2 is 1.93 bits per heavy atom. The van der Waals surface area contributed by atoms with Gasteiger partial charge in [-0.05, 0) is 31.5 Å². The van der Waals surface area contributed by atoms with Crippen LogP contribution in [0.5, 0.6) is 11.5 Å². The second-order valence-corrected chi connectivity index (χ2v) is 7.71. The van der Waals surface area contributed by atoms with E-state index in [1.807, 2.05) is 32.0 Å². The third-order valence-corrected chi connectivity index (χ3v) is 6.05. The molecular weight excluding hydrogens is 376 g/mol. The van der Waals surface area contributed by atoms with Crippen LogP contribution in [-0.4, -0.2) is 62.2 Å². The highest BCUT2D eigenvalue weighted by molar-refractivity contribution is 7.13. The Morgan fingerprint density at radius 1 is 1.21 bits per heavy atom. The number of nitrogens with one attached hydrogen (secondary N) is 1. The number of hydrogen-bond donors (Lipinski definition) is 1. The molecule has 1 N–H and O–H groups in total. The largest absolute Gasteiger partial charge is 0.493 e. The van der Waals surface area contributed by atoms with E-state index in [1.54, 1.807) is 25.6 Å². The highest BCUT2D eigenvalue weighted by Gasteiger charge is 2.26. The molecule has 0 spiro atoms. The van der Waals surface area contributed by atoms with Crippen LogP contribution in [0.25, 0.3) is 0 Å². The highest BCUT2D eigenvalue weighted by Crippen LogP contribution is 2.27. The molecule has 1 saturated heterocycles. The van der Waals surface area contributed by atoms with Gasteiger partial charge in [0, 0.05) is 38.1 Å². The van der Waals surface area contributed by atoms with Gasteiger partial charge >= 0.3 is 0 Å². The molecule has 0 aliphatic carbocycles. The fourth-order valence-electron chi connectivity index (χ4n) is 3.28. The fraction of sp³-hybridized carbons (Fsp3) is 0.500. The number of hydrogen-bond acceptors (Lipinski definition) is 7. The minimum absolute atomic E-state index is 0.0355. The van der Waals surface area contributed by atoms with Gasteiger partial charge in [-0.25, -0.2) is 4.98 Å². The lowest BCUT2D eigenvalue weighted by Gasteiger charge is -2.37. The molecule has 0 radical (unpaired) electrons. The van der Waals surface area contributed by atoms with Crippen LogP contribution >= 0.6 is 11.3 Å². The number of thiazole rings is 1. The summed E-state index contributed by atoms with van der Waals surface area (Å²) in [5.74, 6) is 1.38. The third-order valence-electron chi connectivity index (χ3n) is 5.03. The standard InChI is InChI=1S/C20H28N4O3S/c1-14-13-28-20(22-14)24-9-7-23(8-10-24)15(2)19(25)21-12-16-5-6-17(26-3)18(11-16)27-4/h5-6,11,13,15H,7-10,12H2,1-4H3,(H,21,25). The summed E-state index contributed by atoms with van der Waals surface area (Å²) in [6.07, 6.45) is 0. The molecule has 7 nitrogen and oxygen atoms in total. The van der Waals surface area contributed by atoms with Crippen LogP contribution in [0, 0.1) is 6.92 Å². The number of aryl methyl sites for hydroxylation is 1. The number of methoxy groups -OCH3 is 2. The van der Waals surface area contributed by atoms with Gasteiger partial charge < -0.3 is 19.7 Å². The van der Waals surface area contributed by atoms with Crippen molar-refractivity contribution >= 4 is 22.4 Å². The molecule has 1 amide bonds. The molecule has 8 heteroatoms. The lowest BCUT2D eigenvalue weighted by molar-refractivity contribution is -0.126. The minimum atomic E-state index is -0.166. The van der Waals surface area contributed by atoms with E-state index >= 15 is 0 Å². The minimum Gasteiger partial charge on any atom is -0.493 e. The predicted molar refractivity (Wildman–Crippen MR) is 111 cm³/mol. The normalized spacial score (nSPS) is 15.9. The summed E-state index contributed by atoms with van der Waals surface area (Å²) in [4.78, 5) is 21.7. The van der Waals surface area contributed by atoms with Crippen molar-refractivity contribution in [2.24, 2.45) is 0 Å². The first kappa shape index (κ1) is 20.4. The Kier molecular flexibility index (Phi) is 6.74. The molecule has 1 aromatic heterocycles. The average Bonchev–Trinajstić information content (AvgIpc) is 3.17. The first-order chi connectivity index (χ1) is 13.5. The summed E-state index contributed by atoms with van der Waals surface area (Å²) < 4.78 is 10.6. The summed E-state index contributed by atoms with van der Waals surface area (Å²) >= 11 is 1.68. The molecular formula is C20H28N4O3S. The summed E-state index contributed by atoms with van der Waals surface area (Å²) in [6, 6.07) is 5.50. The molecule has 1 unspecified atom stereocenters. The number of carbonyl (C=O) groups is 1. The van der Waals surface area contributed by atoms with E-state index in [-0.39, 0.29) is 11.9 Å². The maximum absolute atomic E-state index is 12.6. The number of rotatable bonds is 7. The van der Waals surface area contributed by atoms with Gasteiger partial charge in [-0.15, -0.1) is 11.3 Å². The van der Waals surface area contributed by atoms with E-state index < -0.39 is 0 Å². The highest BCUT2D eigenvalue weighted by atomic mass is 32.1. The maximum atomic E-state index is 12.6. The van der Waals surface area contributed by atoms with Gasteiger partial charge in [-0.2, -0.15) is 0 Å². The number of amides is 1. The third kappa shape index (κ3) is 4.74. The van der Waals surface area contributed by atoms with Crippen molar-refractivity contribution in [3.8, 4) is 11.5 Å². The molecule has 152 valence electrons. The van der Waals surface area contributed by atoms with Gasteiger partial charge in [0.05, 0.1) is 26.0 Å². The van der Waals surface area contributed by atoms with Crippen LogP contribution in [0.3, 0.4) is 0 Å². The molecule has 0 bridgehead atoms. The fourth-order valence-corrected chi connectivity index (χ4v) is 4.14. The Morgan fingerprint density at radius 3 is 2.54 bits per heavy atom. The molecule has 1 aliphatic rings. The first-order valence-electron chi connectivity index (χ1n) is 9.41. The van der Waals surface area contributed by atoms with Gasteiger partial charge in [-0.1, -0.05) is 6.07 Å². The summed E-state index contributed by atoms with van der Waals surface area (Å²) in [6.45, 7) is 7.92. The van der Waals surface area contributed by atoms with E-state index in [9.17, 15) is 4.79 Å².